The molecule has 1 aliphatic heterocycles. The van der Waals surface area contributed by atoms with Crippen LogP contribution < -0.4 is 4.90 Å². The van der Waals surface area contributed by atoms with E-state index in [9.17, 15) is 23.5 Å². The standard InChI is InChI=1S/C18H15F2NO3S/c19-18(20)25-15-9-2-1-5-13(15)16(22)21-10-4-7-11-12(17(23)24)6-3-8-14(11)21/h1-3,5-6,8-9,18H,4,7,10H2,(H,23,24). The summed E-state index contributed by atoms with van der Waals surface area (Å²) >= 11 is 0.332. The van der Waals surface area contributed by atoms with E-state index in [1.54, 1.807) is 24.3 Å². The Kier molecular flexibility index (Phi) is 5.03. The molecule has 1 N–H and O–H groups in total. The number of halogens is 2. The molecular formula is C18H15F2NO3S. The number of carboxylic acids is 1. The van der Waals surface area contributed by atoms with Gasteiger partial charge in [0.05, 0.1) is 11.1 Å². The first-order valence-electron chi connectivity index (χ1n) is 7.70. The third-order valence-corrected chi connectivity index (χ3v) is 4.85. The number of alkyl halides is 2. The van der Waals surface area contributed by atoms with Gasteiger partial charge in [0.1, 0.15) is 0 Å². The van der Waals surface area contributed by atoms with E-state index in [1.807, 2.05) is 0 Å². The molecule has 0 spiro atoms. The minimum atomic E-state index is -2.62. The molecule has 0 saturated heterocycles. The molecule has 0 unspecified atom stereocenters. The average Bonchev–Trinajstić information content (AvgIpc) is 2.60. The third-order valence-electron chi connectivity index (χ3n) is 4.06. The largest absolute Gasteiger partial charge is 0.478 e. The zero-order chi connectivity index (χ0) is 18.0. The van der Waals surface area contributed by atoms with E-state index in [2.05, 4.69) is 0 Å². The highest BCUT2D eigenvalue weighted by atomic mass is 32.2. The van der Waals surface area contributed by atoms with Crippen molar-refractivity contribution in [3.05, 3.63) is 59.2 Å². The van der Waals surface area contributed by atoms with Gasteiger partial charge in [-0.15, -0.1) is 0 Å². The summed E-state index contributed by atoms with van der Waals surface area (Å²) in [7, 11) is 0. The van der Waals surface area contributed by atoms with E-state index in [1.165, 1.54) is 23.1 Å². The van der Waals surface area contributed by atoms with Crippen LogP contribution in [0.2, 0.25) is 0 Å². The number of benzene rings is 2. The van der Waals surface area contributed by atoms with Gasteiger partial charge in [-0.3, -0.25) is 4.79 Å². The summed E-state index contributed by atoms with van der Waals surface area (Å²) in [5.41, 5.74) is 1.51. The highest BCUT2D eigenvalue weighted by Gasteiger charge is 2.28. The summed E-state index contributed by atoms with van der Waals surface area (Å²) in [6.45, 7) is 0.419. The van der Waals surface area contributed by atoms with Crippen molar-refractivity contribution in [3.8, 4) is 0 Å². The maximum absolute atomic E-state index is 13.0. The van der Waals surface area contributed by atoms with Crippen molar-refractivity contribution in [1.29, 1.82) is 0 Å². The number of carbonyl (C=O) groups excluding carboxylic acids is 1. The van der Waals surface area contributed by atoms with E-state index in [-0.39, 0.29) is 16.0 Å². The van der Waals surface area contributed by atoms with Gasteiger partial charge >= 0.3 is 5.97 Å². The SMILES string of the molecule is O=C(O)c1cccc2c1CCCN2C(=O)c1ccccc1SC(F)F. The second-order valence-electron chi connectivity index (χ2n) is 5.54. The molecule has 0 atom stereocenters. The quantitative estimate of drug-likeness (QED) is 0.823. The molecule has 0 saturated carbocycles. The molecule has 1 heterocycles. The van der Waals surface area contributed by atoms with Crippen LogP contribution in [0.5, 0.6) is 0 Å². The molecule has 4 nitrogen and oxygen atoms in total. The number of aromatic carboxylic acids is 1. The number of rotatable bonds is 4. The first kappa shape index (κ1) is 17.4. The molecule has 0 fully saturated rings. The topological polar surface area (TPSA) is 57.6 Å². The molecule has 0 bridgehead atoms. The number of carboxylic acid groups (broad SMARTS) is 1. The number of anilines is 1. The first-order valence-corrected chi connectivity index (χ1v) is 8.58. The number of hydrogen-bond donors (Lipinski definition) is 1. The van der Waals surface area contributed by atoms with Crippen LogP contribution in [0.25, 0.3) is 0 Å². The van der Waals surface area contributed by atoms with Crippen molar-refractivity contribution in [2.75, 3.05) is 11.4 Å². The molecule has 1 amide bonds. The molecule has 0 radical (unpaired) electrons. The lowest BCUT2D eigenvalue weighted by atomic mass is 9.95. The van der Waals surface area contributed by atoms with Crippen LogP contribution in [0, 0.1) is 0 Å². The number of amides is 1. The Morgan fingerprint density at radius 3 is 2.52 bits per heavy atom. The molecule has 1 aliphatic rings. The van der Waals surface area contributed by atoms with Gasteiger partial charge in [0.2, 0.25) is 0 Å². The van der Waals surface area contributed by atoms with E-state index in [0.717, 1.165) is 0 Å². The molecule has 0 aliphatic carbocycles. The first-order chi connectivity index (χ1) is 12.0. The van der Waals surface area contributed by atoms with E-state index >= 15 is 0 Å². The summed E-state index contributed by atoms with van der Waals surface area (Å²) in [5, 5.41) is 9.34. The predicted octanol–water partition coefficient (Wildman–Crippen LogP) is 4.29. The minimum absolute atomic E-state index is 0.172. The van der Waals surface area contributed by atoms with Crippen LogP contribution in [0.4, 0.5) is 14.5 Å². The second kappa shape index (κ2) is 7.23. The fraction of sp³-hybridized carbons (Fsp3) is 0.222. The fourth-order valence-electron chi connectivity index (χ4n) is 3.02. The zero-order valence-corrected chi connectivity index (χ0v) is 13.9. The van der Waals surface area contributed by atoms with E-state index < -0.39 is 17.6 Å². The Labute approximate surface area is 147 Å². The predicted molar refractivity (Wildman–Crippen MR) is 91.7 cm³/mol. The number of hydrogen-bond acceptors (Lipinski definition) is 3. The lowest BCUT2D eigenvalue weighted by Gasteiger charge is -2.30. The average molecular weight is 363 g/mol. The van der Waals surface area contributed by atoms with E-state index in [4.69, 9.17) is 0 Å². The van der Waals surface area contributed by atoms with Crippen molar-refractivity contribution in [2.45, 2.75) is 23.5 Å². The van der Waals surface area contributed by atoms with Gasteiger partial charge in [-0.05, 0) is 42.7 Å². The number of carbonyl (C=O) groups is 2. The molecule has 7 heteroatoms. The van der Waals surface area contributed by atoms with Crippen molar-refractivity contribution in [3.63, 3.8) is 0 Å². The van der Waals surface area contributed by atoms with Crippen molar-refractivity contribution in [2.24, 2.45) is 0 Å². The van der Waals surface area contributed by atoms with Crippen LogP contribution in [0.3, 0.4) is 0 Å². The van der Waals surface area contributed by atoms with E-state index in [0.29, 0.717) is 42.4 Å². The monoisotopic (exact) mass is 363 g/mol. The van der Waals surface area contributed by atoms with Crippen molar-refractivity contribution in [1.82, 2.24) is 0 Å². The van der Waals surface area contributed by atoms with Gasteiger partial charge in [-0.25, -0.2) is 4.79 Å². The van der Waals surface area contributed by atoms with Gasteiger partial charge < -0.3 is 10.0 Å². The Morgan fingerprint density at radius 1 is 1.08 bits per heavy atom. The molecule has 2 aromatic rings. The normalized spacial score (nSPS) is 13.6. The maximum atomic E-state index is 13.0. The van der Waals surface area contributed by atoms with Crippen molar-refractivity contribution >= 4 is 29.3 Å². The molecule has 3 rings (SSSR count). The maximum Gasteiger partial charge on any atom is 0.336 e. The lowest BCUT2D eigenvalue weighted by molar-refractivity contribution is 0.0695. The minimum Gasteiger partial charge on any atom is -0.478 e. The van der Waals surface area contributed by atoms with Gasteiger partial charge in [0.15, 0.2) is 0 Å². The number of thioether (sulfide) groups is 1. The van der Waals surface area contributed by atoms with Crippen LogP contribution >= 0.6 is 11.8 Å². The van der Waals surface area contributed by atoms with Crippen LogP contribution in [-0.2, 0) is 6.42 Å². The van der Waals surface area contributed by atoms with Gasteiger partial charge in [-0.2, -0.15) is 8.78 Å². The molecule has 2 aromatic carbocycles. The molecule has 25 heavy (non-hydrogen) atoms. The fourth-order valence-corrected chi connectivity index (χ4v) is 3.65. The molecular weight excluding hydrogens is 348 g/mol. The van der Waals surface area contributed by atoms with Gasteiger partial charge in [-0.1, -0.05) is 30.0 Å². The smallest absolute Gasteiger partial charge is 0.336 e. The zero-order valence-electron chi connectivity index (χ0n) is 13.1. The lowest BCUT2D eigenvalue weighted by Crippen LogP contribution is -2.36. The highest BCUT2D eigenvalue weighted by Crippen LogP contribution is 2.34. The molecule has 0 aromatic heterocycles. The van der Waals surface area contributed by atoms with Crippen LogP contribution in [0.15, 0.2) is 47.4 Å². The van der Waals surface area contributed by atoms with Gasteiger partial charge in [0, 0.05) is 17.1 Å². The summed E-state index contributed by atoms with van der Waals surface area (Å²) in [4.78, 5) is 26.1. The Balaban J connectivity index is 2.01. The molecule has 130 valence electrons. The Bertz CT molecular complexity index is 826. The summed E-state index contributed by atoms with van der Waals surface area (Å²) in [6.07, 6.45) is 1.18. The van der Waals surface area contributed by atoms with Gasteiger partial charge in [0.25, 0.3) is 11.7 Å². The Morgan fingerprint density at radius 2 is 1.80 bits per heavy atom. The number of fused-ring (bicyclic) bond motifs is 1. The van der Waals surface area contributed by atoms with Crippen LogP contribution in [0.1, 0.15) is 32.7 Å². The summed E-state index contributed by atoms with van der Waals surface area (Å²) in [6, 6.07) is 11.0. The third kappa shape index (κ3) is 3.51. The number of nitrogens with zero attached hydrogens (tertiary/aromatic N) is 1. The summed E-state index contributed by atoms with van der Waals surface area (Å²) < 4.78 is 25.5. The van der Waals surface area contributed by atoms with Crippen molar-refractivity contribution < 1.29 is 23.5 Å². The summed E-state index contributed by atoms with van der Waals surface area (Å²) in [5.74, 6) is -4.06. The second-order valence-corrected chi connectivity index (χ2v) is 6.58. The van der Waals surface area contributed by atoms with Crippen LogP contribution in [-0.4, -0.2) is 29.3 Å². The Hall–Kier alpha value is -2.41. The highest BCUT2D eigenvalue weighted by molar-refractivity contribution is 7.99.